The molecule has 0 aromatic heterocycles. The maximum absolute atomic E-state index is 12.0. The van der Waals surface area contributed by atoms with E-state index in [1.807, 2.05) is 0 Å². The molecule has 0 atom stereocenters. The van der Waals surface area contributed by atoms with E-state index >= 15 is 0 Å². The lowest BCUT2D eigenvalue weighted by molar-refractivity contribution is 0.288. The van der Waals surface area contributed by atoms with Crippen molar-refractivity contribution in [3.8, 4) is 0 Å². The standard InChI is InChI=1S/C11H21N3O2S2/c1-8-4-6-11(7-5-8,10(12)17)14-18(15,16)13-9-2-3-9/h8-9,13-14H,2-7H2,1H3,(H2,12,17). The van der Waals surface area contributed by atoms with Crippen LogP contribution in [0.1, 0.15) is 45.4 Å². The molecule has 0 amide bonds. The van der Waals surface area contributed by atoms with Crippen molar-refractivity contribution >= 4 is 27.4 Å². The Hall–Kier alpha value is -0.240. The Balaban J connectivity index is 2.08. The minimum Gasteiger partial charge on any atom is -0.392 e. The van der Waals surface area contributed by atoms with Gasteiger partial charge in [0.2, 0.25) is 0 Å². The SMILES string of the molecule is CC1CCC(NS(=O)(=O)NC2CC2)(C(N)=S)CC1. The zero-order chi connectivity index (χ0) is 13.4. The van der Waals surface area contributed by atoms with Gasteiger partial charge in [0, 0.05) is 6.04 Å². The smallest absolute Gasteiger partial charge is 0.278 e. The summed E-state index contributed by atoms with van der Waals surface area (Å²) in [5, 5.41) is 0. The Morgan fingerprint density at radius 1 is 1.28 bits per heavy atom. The summed E-state index contributed by atoms with van der Waals surface area (Å²) in [7, 11) is -3.51. The van der Waals surface area contributed by atoms with Crippen molar-refractivity contribution in [2.45, 2.75) is 57.0 Å². The molecule has 0 heterocycles. The number of hydrogen-bond donors (Lipinski definition) is 3. The molecule has 2 aliphatic rings. The van der Waals surface area contributed by atoms with Crippen LogP contribution < -0.4 is 15.2 Å². The Morgan fingerprint density at radius 3 is 2.28 bits per heavy atom. The van der Waals surface area contributed by atoms with Gasteiger partial charge in [0.1, 0.15) is 0 Å². The average molecular weight is 291 g/mol. The van der Waals surface area contributed by atoms with Gasteiger partial charge in [0.15, 0.2) is 0 Å². The molecule has 0 unspecified atom stereocenters. The summed E-state index contributed by atoms with van der Waals surface area (Å²) in [6.45, 7) is 2.17. The first kappa shape index (κ1) is 14.2. The molecule has 2 fully saturated rings. The monoisotopic (exact) mass is 291 g/mol. The van der Waals surface area contributed by atoms with Gasteiger partial charge in [-0.3, -0.25) is 0 Å². The second-order valence-corrected chi connectivity index (χ2v) is 7.51. The molecule has 0 aliphatic heterocycles. The predicted octanol–water partition coefficient (Wildman–Crippen LogP) is 0.808. The number of nitrogens with two attached hydrogens (primary N) is 1. The van der Waals surface area contributed by atoms with Crippen LogP contribution in [-0.4, -0.2) is 25.0 Å². The lowest BCUT2D eigenvalue weighted by Crippen LogP contribution is -2.60. The number of thiocarbonyl (C=S) groups is 1. The fourth-order valence-electron chi connectivity index (χ4n) is 2.36. The number of hydrogen-bond acceptors (Lipinski definition) is 3. The fraction of sp³-hybridized carbons (Fsp3) is 0.909. The Morgan fingerprint density at radius 2 is 1.83 bits per heavy atom. The maximum atomic E-state index is 12.0. The Bertz CT molecular complexity index is 424. The molecule has 4 N–H and O–H groups in total. The highest BCUT2D eigenvalue weighted by molar-refractivity contribution is 7.87. The van der Waals surface area contributed by atoms with E-state index in [2.05, 4.69) is 16.4 Å². The van der Waals surface area contributed by atoms with Gasteiger partial charge in [0.05, 0.1) is 10.5 Å². The van der Waals surface area contributed by atoms with E-state index in [9.17, 15) is 8.42 Å². The topological polar surface area (TPSA) is 84.2 Å². The molecule has 0 aromatic carbocycles. The zero-order valence-corrected chi connectivity index (χ0v) is 12.2. The fourth-order valence-corrected chi connectivity index (χ4v) is 4.24. The van der Waals surface area contributed by atoms with Crippen LogP contribution in [0, 0.1) is 5.92 Å². The normalized spacial score (nSPS) is 33.3. The largest absolute Gasteiger partial charge is 0.392 e. The van der Waals surface area contributed by atoms with Crippen molar-refractivity contribution in [2.75, 3.05) is 0 Å². The second kappa shape index (κ2) is 5.03. The summed E-state index contributed by atoms with van der Waals surface area (Å²) in [4.78, 5) is 0.260. The van der Waals surface area contributed by atoms with E-state index in [-0.39, 0.29) is 11.0 Å². The molecule has 18 heavy (non-hydrogen) atoms. The molecular formula is C11H21N3O2S2. The van der Waals surface area contributed by atoms with E-state index in [4.69, 9.17) is 18.0 Å². The third-order valence-electron chi connectivity index (χ3n) is 3.83. The van der Waals surface area contributed by atoms with Gasteiger partial charge in [-0.25, -0.2) is 0 Å². The quantitative estimate of drug-likeness (QED) is 0.654. The zero-order valence-electron chi connectivity index (χ0n) is 10.6. The van der Waals surface area contributed by atoms with E-state index in [1.54, 1.807) is 0 Å². The highest BCUT2D eigenvalue weighted by atomic mass is 32.2. The molecule has 0 aromatic rings. The number of nitrogens with one attached hydrogen (secondary N) is 2. The van der Waals surface area contributed by atoms with Crippen molar-refractivity contribution in [1.82, 2.24) is 9.44 Å². The van der Waals surface area contributed by atoms with Crippen molar-refractivity contribution in [2.24, 2.45) is 11.7 Å². The van der Waals surface area contributed by atoms with Crippen LogP contribution in [0.15, 0.2) is 0 Å². The van der Waals surface area contributed by atoms with Gasteiger partial charge in [-0.2, -0.15) is 17.9 Å². The van der Waals surface area contributed by atoms with E-state index in [1.165, 1.54) is 0 Å². The lowest BCUT2D eigenvalue weighted by Gasteiger charge is -2.38. The summed E-state index contributed by atoms with van der Waals surface area (Å²) >= 11 is 5.09. The van der Waals surface area contributed by atoms with Gasteiger partial charge >= 0.3 is 0 Å². The minimum atomic E-state index is -3.51. The minimum absolute atomic E-state index is 0.0911. The first-order chi connectivity index (χ1) is 8.33. The van der Waals surface area contributed by atoms with Crippen molar-refractivity contribution in [1.29, 1.82) is 0 Å². The molecule has 0 spiro atoms. The molecule has 2 rings (SSSR count). The average Bonchev–Trinajstić information content (AvgIpc) is 3.04. The highest BCUT2D eigenvalue weighted by Gasteiger charge is 2.41. The van der Waals surface area contributed by atoms with Gasteiger partial charge in [-0.1, -0.05) is 19.1 Å². The van der Waals surface area contributed by atoms with Crippen LogP contribution in [0.5, 0.6) is 0 Å². The van der Waals surface area contributed by atoms with E-state index in [0.717, 1.165) is 25.7 Å². The third kappa shape index (κ3) is 3.40. The van der Waals surface area contributed by atoms with E-state index < -0.39 is 15.7 Å². The van der Waals surface area contributed by atoms with Gasteiger partial charge in [-0.05, 0) is 44.4 Å². The summed E-state index contributed by atoms with van der Waals surface area (Å²) < 4.78 is 29.3. The lowest BCUT2D eigenvalue weighted by atomic mass is 9.78. The Labute approximate surface area is 114 Å². The maximum Gasteiger partial charge on any atom is 0.278 e. The predicted molar refractivity (Wildman–Crippen MR) is 75.4 cm³/mol. The van der Waals surface area contributed by atoms with Gasteiger partial charge in [-0.15, -0.1) is 0 Å². The van der Waals surface area contributed by atoms with Crippen molar-refractivity contribution in [3.05, 3.63) is 0 Å². The first-order valence-electron chi connectivity index (χ1n) is 6.44. The molecule has 0 radical (unpaired) electrons. The first-order valence-corrected chi connectivity index (χ1v) is 8.33. The summed E-state index contributed by atoms with van der Waals surface area (Å²) in [5.74, 6) is 0.605. The van der Waals surface area contributed by atoms with Crippen LogP contribution in [0.4, 0.5) is 0 Å². The molecule has 104 valence electrons. The molecule has 0 saturated heterocycles. The van der Waals surface area contributed by atoms with Crippen molar-refractivity contribution in [3.63, 3.8) is 0 Å². The molecule has 0 bridgehead atoms. The van der Waals surface area contributed by atoms with Crippen molar-refractivity contribution < 1.29 is 8.42 Å². The summed E-state index contributed by atoms with van der Waals surface area (Å²) in [6.07, 6.45) is 5.10. The molecule has 5 nitrogen and oxygen atoms in total. The summed E-state index contributed by atoms with van der Waals surface area (Å²) in [6, 6.07) is 0.0911. The highest BCUT2D eigenvalue weighted by Crippen LogP contribution is 2.33. The Kier molecular flexibility index (Phi) is 3.96. The summed E-state index contributed by atoms with van der Waals surface area (Å²) in [5.41, 5.74) is 5.04. The van der Waals surface area contributed by atoms with Gasteiger partial charge < -0.3 is 5.73 Å². The second-order valence-electron chi connectivity index (χ2n) is 5.63. The molecular weight excluding hydrogens is 270 g/mol. The molecule has 7 heteroatoms. The van der Waals surface area contributed by atoms with E-state index in [0.29, 0.717) is 18.8 Å². The van der Waals surface area contributed by atoms with Gasteiger partial charge in [0.25, 0.3) is 10.2 Å². The van der Waals surface area contributed by atoms with Crippen LogP contribution in [0.3, 0.4) is 0 Å². The van der Waals surface area contributed by atoms with Crippen LogP contribution in [-0.2, 0) is 10.2 Å². The molecule has 2 saturated carbocycles. The number of rotatable bonds is 5. The molecule has 2 aliphatic carbocycles. The van der Waals surface area contributed by atoms with Crippen LogP contribution >= 0.6 is 12.2 Å². The third-order valence-corrected chi connectivity index (χ3v) is 5.52. The van der Waals surface area contributed by atoms with Crippen LogP contribution in [0.2, 0.25) is 0 Å². The van der Waals surface area contributed by atoms with Crippen LogP contribution in [0.25, 0.3) is 0 Å².